The predicted molar refractivity (Wildman–Crippen MR) is 87.8 cm³/mol. The van der Waals surface area contributed by atoms with Crippen molar-refractivity contribution < 1.29 is 36.3 Å². The second kappa shape index (κ2) is 7.98. The van der Waals surface area contributed by atoms with Gasteiger partial charge in [0.05, 0.1) is 17.1 Å². The number of hydrogen-bond donors (Lipinski definition) is 0. The number of alkyl halides is 2. The smallest absolute Gasteiger partial charge is 0.387 e. The van der Waals surface area contributed by atoms with Gasteiger partial charge in [0.25, 0.3) is 5.91 Å². The van der Waals surface area contributed by atoms with Gasteiger partial charge in [0.15, 0.2) is 15.9 Å². The van der Waals surface area contributed by atoms with E-state index in [-0.39, 0.29) is 22.8 Å². The number of sulfone groups is 1. The average Bonchev–Trinajstić information content (AvgIpc) is 2.93. The molecule has 0 radical (unpaired) electrons. The van der Waals surface area contributed by atoms with Crippen LogP contribution < -0.4 is 4.74 Å². The Morgan fingerprint density at radius 1 is 1.23 bits per heavy atom. The van der Waals surface area contributed by atoms with Crippen LogP contribution >= 0.6 is 0 Å². The number of halogens is 2. The lowest BCUT2D eigenvalue weighted by Gasteiger charge is -2.26. The molecule has 0 aromatic heterocycles. The van der Waals surface area contributed by atoms with Crippen LogP contribution in [0.1, 0.15) is 23.7 Å². The molecule has 0 unspecified atom stereocenters. The molecule has 1 aliphatic rings. The lowest BCUT2D eigenvalue weighted by Crippen LogP contribution is -2.44. The number of nitrogens with zero attached hydrogens (tertiary/aromatic N) is 1. The molecule has 0 spiro atoms. The Balaban J connectivity index is 1.94. The maximum absolute atomic E-state index is 12.3. The van der Waals surface area contributed by atoms with Crippen LogP contribution in [0.25, 0.3) is 0 Å². The average molecular weight is 391 g/mol. The van der Waals surface area contributed by atoms with E-state index in [1.807, 2.05) is 0 Å². The summed E-state index contributed by atoms with van der Waals surface area (Å²) in [5.74, 6) is -1.51. The van der Waals surface area contributed by atoms with Crippen LogP contribution in [-0.2, 0) is 19.4 Å². The number of ether oxygens (including phenoxy) is 2. The summed E-state index contributed by atoms with van der Waals surface area (Å²) in [5, 5.41) is 0. The van der Waals surface area contributed by atoms with Gasteiger partial charge in [-0.2, -0.15) is 8.78 Å². The molecule has 0 bridgehead atoms. The molecule has 10 heteroatoms. The Morgan fingerprint density at radius 3 is 2.35 bits per heavy atom. The normalized spacial score (nSPS) is 19.8. The highest BCUT2D eigenvalue weighted by Crippen LogP contribution is 2.19. The largest absolute Gasteiger partial charge is 0.449 e. The summed E-state index contributed by atoms with van der Waals surface area (Å²) in [4.78, 5) is 25.7. The van der Waals surface area contributed by atoms with E-state index in [4.69, 9.17) is 4.74 Å². The zero-order chi connectivity index (χ0) is 19.5. The number of likely N-dealkylation sites (N-methyl/N-ethyl adjacent to an activating group) is 1. The minimum absolute atomic E-state index is 0.0243. The first-order valence-corrected chi connectivity index (χ1v) is 9.64. The van der Waals surface area contributed by atoms with Gasteiger partial charge in [-0.05, 0) is 37.6 Å². The molecule has 2 atom stereocenters. The van der Waals surface area contributed by atoms with E-state index in [0.29, 0.717) is 6.42 Å². The molecule has 0 saturated carbocycles. The number of hydrogen-bond acceptors (Lipinski definition) is 6. The lowest BCUT2D eigenvalue weighted by atomic mass is 10.2. The molecule has 1 fully saturated rings. The van der Waals surface area contributed by atoms with Gasteiger partial charge in [-0.15, -0.1) is 0 Å². The SMILES string of the molecule is C[C@H](OC(=O)c1ccc(OC(F)F)cc1)C(=O)N(C)[C@H]1CCS(=O)(=O)C1. The zero-order valence-corrected chi connectivity index (χ0v) is 15.0. The van der Waals surface area contributed by atoms with E-state index in [2.05, 4.69) is 4.74 Å². The second-order valence-corrected chi connectivity index (χ2v) is 8.19. The summed E-state index contributed by atoms with van der Waals surface area (Å²) in [7, 11) is -1.68. The molecule has 1 aliphatic heterocycles. The van der Waals surface area contributed by atoms with E-state index in [1.165, 1.54) is 43.1 Å². The monoisotopic (exact) mass is 391 g/mol. The third kappa shape index (κ3) is 5.13. The quantitative estimate of drug-likeness (QED) is 0.683. The standard InChI is InChI=1S/C16H19F2NO6S/c1-10(14(20)19(2)12-7-8-26(22,23)9-12)24-15(21)11-3-5-13(6-4-11)25-16(17)18/h3-6,10,12,16H,7-9H2,1-2H3/t10-,12-/m0/s1. The maximum atomic E-state index is 12.3. The van der Waals surface area contributed by atoms with Gasteiger partial charge in [0.1, 0.15) is 5.75 Å². The van der Waals surface area contributed by atoms with E-state index < -0.39 is 40.5 Å². The Hall–Kier alpha value is -2.23. The molecule has 1 saturated heterocycles. The van der Waals surface area contributed by atoms with Crippen molar-refractivity contribution in [2.75, 3.05) is 18.6 Å². The lowest BCUT2D eigenvalue weighted by molar-refractivity contribution is -0.140. The van der Waals surface area contributed by atoms with Crippen LogP contribution in [0.3, 0.4) is 0 Å². The summed E-state index contributed by atoms with van der Waals surface area (Å²) >= 11 is 0. The van der Waals surface area contributed by atoms with Crippen LogP contribution in [0.15, 0.2) is 24.3 Å². The fourth-order valence-corrected chi connectivity index (χ4v) is 4.37. The first-order chi connectivity index (χ1) is 12.1. The third-order valence-corrected chi connectivity index (χ3v) is 5.80. The summed E-state index contributed by atoms with van der Waals surface area (Å²) in [6.07, 6.45) is -0.774. The molecule has 0 aliphatic carbocycles. The van der Waals surface area contributed by atoms with Gasteiger partial charge in [-0.3, -0.25) is 4.79 Å². The van der Waals surface area contributed by atoms with Crippen LogP contribution in [-0.4, -0.2) is 62.5 Å². The van der Waals surface area contributed by atoms with Gasteiger partial charge in [0.2, 0.25) is 0 Å². The highest BCUT2D eigenvalue weighted by Gasteiger charge is 2.35. The minimum Gasteiger partial charge on any atom is -0.449 e. The van der Waals surface area contributed by atoms with Crippen molar-refractivity contribution >= 4 is 21.7 Å². The molecule has 144 valence electrons. The highest BCUT2D eigenvalue weighted by molar-refractivity contribution is 7.91. The number of amides is 1. The van der Waals surface area contributed by atoms with E-state index in [9.17, 15) is 26.8 Å². The van der Waals surface area contributed by atoms with Crippen molar-refractivity contribution in [1.82, 2.24) is 4.90 Å². The third-order valence-electron chi connectivity index (χ3n) is 4.05. The molecule has 1 amide bonds. The van der Waals surface area contributed by atoms with Crippen molar-refractivity contribution in [2.45, 2.75) is 32.1 Å². The maximum Gasteiger partial charge on any atom is 0.387 e. The number of carbonyl (C=O) groups excluding carboxylic acids is 2. The number of carbonyl (C=O) groups is 2. The Morgan fingerprint density at radius 2 is 1.85 bits per heavy atom. The zero-order valence-electron chi connectivity index (χ0n) is 14.2. The van der Waals surface area contributed by atoms with E-state index in [0.717, 1.165) is 0 Å². The van der Waals surface area contributed by atoms with Gasteiger partial charge in [0, 0.05) is 13.1 Å². The van der Waals surface area contributed by atoms with Gasteiger partial charge >= 0.3 is 12.6 Å². The summed E-state index contributed by atoms with van der Waals surface area (Å²) in [5.41, 5.74) is 0.0670. The second-order valence-electron chi connectivity index (χ2n) is 5.96. The first-order valence-electron chi connectivity index (χ1n) is 7.82. The minimum atomic E-state index is -3.15. The van der Waals surface area contributed by atoms with Gasteiger partial charge in [-0.1, -0.05) is 0 Å². The Kier molecular flexibility index (Phi) is 6.17. The molecular formula is C16H19F2NO6S. The fraction of sp³-hybridized carbons (Fsp3) is 0.500. The van der Waals surface area contributed by atoms with Crippen molar-refractivity contribution in [3.63, 3.8) is 0 Å². The summed E-state index contributed by atoms with van der Waals surface area (Å²) in [6.45, 7) is -1.59. The molecule has 1 aromatic carbocycles. The Bertz CT molecular complexity index is 765. The molecule has 1 aromatic rings. The first kappa shape index (κ1) is 20.1. The van der Waals surface area contributed by atoms with Gasteiger partial charge in [-0.25, -0.2) is 13.2 Å². The molecule has 2 rings (SSSR count). The van der Waals surface area contributed by atoms with Crippen LogP contribution in [0, 0.1) is 0 Å². The van der Waals surface area contributed by atoms with Crippen molar-refractivity contribution in [3.8, 4) is 5.75 Å². The molecule has 26 heavy (non-hydrogen) atoms. The van der Waals surface area contributed by atoms with Crippen molar-refractivity contribution in [3.05, 3.63) is 29.8 Å². The highest BCUT2D eigenvalue weighted by atomic mass is 32.2. The molecule has 1 heterocycles. The predicted octanol–water partition coefficient (Wildman–Crippen LogP) is 1.48. The fourth-order valence-electron chi connectivity index (χ4n) is 2.60. The van der Waals surface area contributed by atoms with Crippen LogP contribution in [0.5, 0.6) is 5.75 Å². The van der Waals surface area contributed by atoms with Crippen molar-refractivity contribution in [2.24, 2.45) is 0 Å². The van der Waals surface area contributed by atoms with E-state index in [1.54, 1.807) is 0 Å². The van der Waals surface area contributed by atoms with E-state index >= 15 is 0 Å². The van der Waals surface area contributed by atoms with Crippen LogP contribution in [0.2, 0.25) is 0 Å². The number of rotatable bonds is 6. The summed E-state index contributed by atoms with van der Waals surface area (Å²) in [6, 6.07) is 4.41. The van der Waals surface area contributed by atoms with Crippen LogP contribution in [0.4, 0.5) is 8.78 Å². The van der Waals surface area contributed by atoms with Gasteiger partial charge < -0.3 is 14.4 Å². The Labute approximate surface area is 149 Å². The molecular weight excluding hydrogens is 372 g/mol. The summed E-state index contributed by atoms with van der Waals surface area (Å²) < 4.78 is 56.5. The van der Waals surface area contributed by atoms with Crippen molar-refractivity contribution in [1.29, 1.82) is 0 Å². The number of benzene rings is 1. The molecule has 0 N–H and O–H groups in total. The number of esters is 1. The molecule has 7 nitrogen and oxygen atoms in total. The topological polar surface area (TPSA) is 90.0 Å².